The van der Waals surface area contributed by atoms with Gasteiger partial charge in [0.1, 0.15) is 5.54 Å². The largest absolute Gasteiger partial charge is 0.480 e. The highest BCUT2D eigenvalue weighted by Gasteiger charge is 2.43. The van der Waals surface area contributed by atoms with E-state index in [1.165, 1.54) is 11.1 Å². The number of hydrogen-bond acceptors (Lipinski definition) is 2. The number of likely N-dealkylation sites (N-methyl/N-ethyl adjacent to an activating group) is 1. The van der Waals surface area contributed by atoms with Gasteiger partial charge in [0, 0.05) is 6.42 Å². The number of nitrogens with zero attached hydrogens (tertiary/aromatic N) is 1. The van der Waals surface area contributed by atoms with Crippen molar-refractivity contribution in [2.24, 2.45) is 0 Å². The van der Waals surface area contributed by atoms with Crippen molar-refractivity contribution in [3.63, 3.8) is 0 Å². The fourth-order valence-corrected chi connectivity index (χ4v) is 2.47. The lowest BCUT2D eigenvalue weighted by atomic mass is 9.77. The summed E-state index contributed by atoms with van der Waals surface area (Å²) in [5, 5.41) is 9.44. The molecule has 0 aromatic heterocycles. The Kier molecular flexibility index (Phi) is 2.72. The van der Waals surface area contributed by atoms with Gasteiger partial charge in [0.25, 0.3) is 0 Å². The van der Waals surface area contributed by atoms with E-state index in [0.29, 0.717) is 12.8 Å². The molecule has 1 unspecified atom stereocenters. The lowest BCUT2D eigenvalue weighted by Crippen LogP contribution is -2.54. The number of hydrogen-bond donors (Lipinski definition) is 1. The Morgan fingerprint density at radius 1 is 1.31 bits per heavy atom. The topological polar surface area (TPSA) is 40.5 Å². The number of rotatable bonds is 2. The molecule has 1 aliphatic rings. The molecule has 0 radical (unpaired) electrons. The average Bonchev–Trinajstić information content (AvgIpc) is 2.27. The van der Waals surface area contributed by atoms with E-state index in [9.17, 15) is 9.90 Å². The molecule has 0 fully saturated rings. The molecule has 0 spiro atoms. The lowest BCUT2D eigenvalue weighted by molar-refractivity contribution is -0.150. The van der Waals surface area contributed by atoms with Crippen molar-refractivity contribution in [2.45, 2.75) is 24.8 Å². The van der Waals surface area contributed by atoms with Gasteiger partial charge >= 0.3 is 5.97 Å². The second-order valence-corrected chi connectivity index (χ2v) is 4.68. The monoisotopic (exact) mass is 219 g/mol. The molecule has 16 heavy (non-hydrogen) atoms. The van der Waals surface area contributed by atoms with Crippen LogP contribution in [0, 0.1) is 0 Å². The molecule has 1 aromatic rings. The van der Waals surface area contributed by atoms with Crippen molar-refractivity contribution in [2.75, 3.05) is 14.1 Å². The Morgan fingerprint density at radius 2 is 1.94 bits per heavy atom. The molecule has 0 saturated carbocycles. The summed E-state index contributed by atoms with van der Waals surface area (Å²) in [6, 6.07) is 8.13. The highest BCUT2D eigenvalue weighted by atomic mass is 16.4. The van der Waals surface area contributed by atoms with Crippen molar-refractivity contribution in [3.05, 3.63) is 35.4 Å². The third-order valence-corrected chi connectivity index (χ3v) is 3.66. The van der Waals surface area contributed by atoms with E-state index < -0.39 is 11.5 Å². The second-order valence-electron chi connectivity index (χ2n) is 4.68. The Hall–Kier alpha value is -1.35. The quantitative estimate of drug-likeness (QED) is 0.820. The van der Waals surface area contributed by atoms with Crippen molar-refractivity contribution in [1.29, 1.82) is 0 Å². The molecule has 0 bridgehead atoms. The molecule has 1 aromatic carbocycles. The standard InChI is InChI=1S/C13H17NO2/c1-14(2)13(12(15)16)8-7-10-5-3-4-6-11(10)9-13/h3-6H,7-9H2,1-2H3,(H,15,16). The van der Waals surface area contributed by atoms with E-state index in [0.717, 1.165) is 6.42 Å². The summed E-state index contributed by atoms with van der Waals surface area (Å²) < 4.78 is 0. The summed E-state index contributed by atoms with van der Waals surface area (Å²) in [5.41, 5.74) is 1.74. The van der Waals surface area contributed by atoms with Gasteiger partial charge < -0.3 is 5.11 Å². The Balaban J connectivity index is 2.39. The molecular weight excluding hydrogens is 202 g/mol. The molecule has 1 N–H and O–H groups in total. The van der Waals surface area contributed by atoms with Crippen LogP contribution in [0.1, 0.15) is 17.5 Å². The van der Waals surface area contributed by atoms with Crippen LogP contribution in [0.2, 0.25) is 0 Å². The first-order chi connectivity index (χ1) is 7.56. The second kappa shape index (κ2) is 3.91. The minimum Gasteiger partial charge on any atom is -0.480 e. The summed E-state index contributed by atoms with van der Waals surface area (Å²) in [6.45, 7) is 0. The minimum atomic E-state index is -0.728. The highest BCUT2D eigenvalue weighted by molar-refractivity contribution is 5.79. The van der Waals surface area contributed by atoms with Crippen LogP contribution in [-0.2, 0) is 17.6 Å². The number of aliphatic carboxylic acids is 1. The number of benzene rings is 1. The molecule has 0 amide bonds. The maximum atomic E-state index is 11.5. The average molecular weight is 219 g/mol. The molecule has 0 saturated heterocycles. The van der Waals surface area contributed by atoms with Crippen LogP contribution in [0.4, 0.5) is 0 Å². The van der Waals surface area contributed by atoms with Gasteiger partial charge in [-0.15, -0.1) is 0 Å². The van der Waals surface area contributed by atoms with Crippen molar-refractivity contribution in [1.82, 2.24) is 4.90 Å². The first-order valence-corrected chi connectivity index (χ1v) is 5.54. The number of aryl methyl sites for hydroxylation is 1. The van der Waals surface area contributed by atoms with E-state index in [1.54, 1.807) is 0 Å². The third kappa shape index (κ3) is 1.61. The van der Waals surface area contributed by atoms with Crippen LogP contribution in [0.3, 0.4) is 0 Å². The first kappa shape index (κ1) is 11.1. The van der Waals surface area contributed by atoms with Gasteiger partial charge in [0.05, 0.1) is 0 Å². The molecule has 0 heterocycles. The first-order valence-electron chi connectivity index (χ1n) is 5.54. The smallest absolute Gasteiger partial charge is 0.324 e. The van der Waals surface area contributed by atoms with Crippen molar-refractivity contribution >= 4 is 5.97 Å². The fourth-order valence-electron chi connectivity index (χ4n) is 2.47. The van der Waals surface area contributed by atoms with Crippen LogP contribution >= 0.6 is 0 Å². The van der Waals surface area contributed by atoms with Gasteiger partial charge in [-0.2, -0.15) is 0 Å². The van der Waals surface area contributed by atoms with Gasteiger partial charge in [0.15, 0.2) is 0 Å². The zero-order valence-electron chi connectivity index (χ0n) is 9.73. The molecule has 2 rings (SSSR count). The van der Waals surface area contributed by atoms with Crippen molar-refractivity contribution < 1.29 is 9.90 Å². The minimum absolute atomic E-state index is 0.603. The van der Waals surface area contributed by atoms with Gasteiger partial charge in [-0.25, -0.2) is 0 Å². The zero-order chi connectivity index (χ0) is 11.8. The Morgan fingerprint density at radius 3 is 2.50 bits per heavy atom. The van der Waals surface area contributed by atoms with Crippen LogP contribution in [0.5, 0.6) is 0 Å². The fraction of sp³-hybridized carbons (Fsp3) is 0.462. The Bertz CT molecular complexity index is 414. The van der Waals surface area contributed by atoms with Gasteiger partial charge in [-0.05, 0) is 38.1 Å². The van der Waals surface area contributed by atoms with E-state index in [4.69, 9.17) is 0 Å². The molecule has 1 aliphatic carbocycles. The zero-order valence-corrected chi connectivity index (χ0v) is 9.73. The van der Waals surface area contributed by atoms with Gasteiger partial charge in [-0.1, -0.05) is 24.3 Å². The SMILES string of the molecule is CN(C)C1(C(=O)O)CCc2ccccc2C1. The van der Waals surface area contributed by atoms with Crippen LogP contribution in [0.25, 0.3) is 0 Å². The van der Waals surface area contributed by atoms with E-state index >= 15 is 0 Å². The van der Waals surface area contributed by atoms with E-state index in [2.05, 4.69) is 6.07 Å². The normalized spacial score (nSPS) is 24.2. The highest BCUT2D eigenvalue weighted by Crippen LogP contribution is 2.32. The van der Waals surface area contributed by atoms with Gasteiger partial charge in [-0.3, -0.25) is 9.69 Å². The summed E-state index contributed by atoms with van der Waals surface area (Å²) in [7, 11) is 3.70. The molecule has 1 atom stereocenters. The number of fused-ring (bicyclic) bond motifs is 1. The molecule has 3 heteroatoms. The summed E-state index contributed by atoms with van der Waals surface area (Å²) in [6.07, 6.45) is 2.14. The number of carboxylic acid groups (broad SMARTS) is 1. The third-order valence-electron chi connectivity index (χ3n) is 3.66. The van der Waals surface area contributed by atoms with Gasteiger partial charge in [0.2, 0.25) is 0 Å². The maximum absolute atomic E-state index is 11.5. The molecule has 86 valence electrons. The Labute approximate surface area is 95.7 Å². The maximum Gasteiger partial charge on any atom is 0.324 e. The van der Waals surface area contributed by atoms with Crippen LogP contribution in [0.15, 0.2) is 24.3 Å². The number of carbonyl (C=O) groups is 1. The number of carboxylic acids is 1. The van der Waals surface area contributed by atoms with E-state index in [1.807, 2.05) is 37.2 Å². The van der Waals surface area contributed by atoms with Crippen molar-refractivity contribution in [3.8, 4) is 0 Å². The summed E-state index contributed by atoms with van der Waals surface area (Å²) in [4.78, 5) is 13.3. The molecule has 0 aliphatic heterocycles. The molecular formula is C13H17NO2. The predicted molar refractivity (Wildman–Crippen MR) is 62.5 cm³/mol. The predicted octanol–water partition coefficient (Wildman–Crippen LogP) is 1.56. The summed E-state index contributed by atoms with van der Waals surface area (Å²) in [5.74, 6) is -0.716. The van der Waals surface area contributed by atoms with E-state index in [-0.39, 0.29) is 0 Å². The lowest BCUT2D eigenvalue weighted by Gasteiger charge is -2.39. The summed E-state index contributed by atoms with van der Waals surface area (Å²) >= 11 is 0. The van der Waals surface area contributed by atoms with Crippen LogP contribution < -0.4 is 0 Å². The van der Waals surface area contributed by atoms with Crippen LogP contribution in [-0.4, -0.2) is 35.6 Å². The molecule has 3 nitrogen and oxygen atoms in total.